The van der Waals surface area contributed by atoms with Crippen molar-refractivity contribution in [2.75, 3.05) is 5.75 Å². The van der Waals surface area contributed by atoms with Gasteiger partial charge in [-0.3, -0.25) is 9.00 Å². The largest absolute Gasteiger partial charge is 0.480 e. The van der Waals surface area contributed by atoms with Crippen LogP contribution in [0, 0.1) is 0 Å². The molecule has 0 aliphatic carbocycles. The first-order chi connectivity index (χ1) is 8.11. The zero-order valence-electron chi connectivity index (χ0n) is 9.96. The van der Waals surface area contributed by atoms with Gasteiger partial charge in [-0.1, -0.05) is 30.3 Å². The molecule has 4 heteroatoms. The van der Waals surface area contributed by atoms with Crippen molar-refractivity contribution >= 4 is 16.8 Å². The minimum absolute atomic E-state index is 0.473. The van der Waals surface area contributed by atoms with E-state index in [2.05, 4.69) is 12.1 Å². The maximum atomic E-state index is 11.5. The molecule has 2 atom stereocenters. The molecule has 0 radical (unpaired) electrons. The topological polar surface area (TPSA) is 54.4 Å². The average molecular weight is 254 g/mol. The highest BCUT2D eigenvalue weighted by molar-refractivity contribution is 7.86. The second-order valence-electron chi connectivity index (χ2n) is 4.01. The van der Waals surface area contributed by atoms with E-state index >= 15 is 0 Å². The molecule has 0 bridgehead atoms. The van der Waals surface area contributed by atoms with Crippen LogP contribution in [0.15, 0.2) is 30.3 Å². The fourth-order valence-electron chi connectivity index (χ4n) is 1.51. The van der Waals surface area contributed by atoms with E-state index in [0.29, 0.717) is 5.75 Å². The van der Waals surface area contributed by atoms with Gasteiger partial charge in [0.1, 0.15) is 5.25 Å². The van der Waals surface area contributed by atoms with E-state index < -0.39 is 22.0 Å². The minimum atomic E-state index is -1.25. The lowest BCUT2D eigenvalue weighted by atomic mass is 10.1. The van der Waals surface area contributed by atoms with E-state index in [0.717, 1.165) is 19.3 Å². The summed E-state index contributed by atoms with van der Waals surface area (Å²) in [5, 5.41) is 7.94. The molecular weight excluding hydrogens is 236 g/mol. The van der Waals surface area contributed by atoms with Gasteiger partial charge < -0.3 is 5.11 Å². The standard InChI is InChI=1S/C13H18O3S/c1-11(13(14)15)17(16)10-6-5-9-12-7-3-2-4-8-12/h2-4,7-8,11H,5-6,9-10H2,1H3,(H,14,15). The predicted molar refractivity (Wildman–Crippen MR) is 69.5 cm³/mol. The van der Waals surface area contributed by atoms with Crippen molar-refractivity contribution < 1.29 is 14.1 Å². The van der Waals surface area contributed by atoms with Crippen LogP contribution in [0.3, 0.4) is 0 Å². The van der Waals surface area contributed by atoms with Crippen LogP contribution in [-0.2, 0) is 22.0 Å². The third kappa shape index (κ3) is 5.13. The molecule has 17 heavy (non-hydrogen) atoms. The normalized spacial score (nSPS) is 14.2. The van der Waals surface area contributed by atoms with Crippen molar-refractivity contribution in [2.24, 2.45) is 0 Å². The van der Waals surface area contributed by atoms with Crippen LogP contribution in [0.25, 0.3) is 0 Å². The molecule has 2 unspecified atom stereocenters. The highest BCUT2D eigenvalue weighted by atomic mass is 32.2. The molecule has 0 amide bonds. The van der Waals surface area contributed by atoms with Gasteiger partial charge in [-0.05, 0) is 31.7 Å². The minimum Gasteiger partial charge on any atom is -0.480 e. The number of hydrogen-bond donors (Lipinski definition) is 1. The molecule has 0 fully saturated rings. The zero-order chi connectivity index (χ0) is 12.7. The van der Waals surface area contributed by atoms with Crippen LogP contribution in [0.4, 0.5) is 0 Å². The quantitative estimate of drug-likeness (QED) is 0.759. The number of hydrogen-bond acceptors (Lipinski definition) is 2. The molecule has 0 saturated heterocycles. The Hall–Kier alpha value is -1.16. The smallest absolute Gasteiger partial charge is 0.318 e. The fraction of sp³-hybridized carbons (Fsp3) is 0.462. The molecule has 1 rings (SSSR count). The number of carboxylic acids is 1. The summed E-state index contributed by atoms with van der Waals surface area (Å²) in [4.78, 5) is 10.6. The Morgan fingerprint density at radius 3 is 2.53 bits per heavy atom. The van der Waals surface area contributed by atoms with Crippen molar-refractivity contribution in [3.05, 3.63) is 35.9 Å². The number of benzene rings is 1. The maximum absolute atomic E-state index is 11.5. The van der Waals surface area contributed by atoms with Crippen LogP contribution < -0.4 is 0 Å². The summed E-state index contributed by atoms with van der Waals surface area (Å²) in [6.07, 6.45) is 2.71. The maximum Gasteiger partial charge on any atom is 0.318 e. The molecule has 0 saturated carbocycles. The van der Waals surface area contributed by atoms with Gasteiger partial charge in [0, 0.05) is 16.6 Å². The van der Waals surface area contributed by atoms with Crippen LogP contribution >= 0.6 is 0 Å². The Kier molecular flexibility index (Phi) is 5.91. The lowest BCUT2D eigenvalue weighted by molar-refractivity contribution is -0.136. The molecular formula is C13H18O3S. The number of unbranched alkanes of at least 4 members (excludes halogenated alkanes) is 1. The Morgan fingerprint density at radius 2 is 1.94 bits per heavy atom. The first-order valence-electron chi connectivity index (χ1n) is 5.75. The fourth-order valence-corrected chi connectivity index (χ4v) is 2.57. The number of carbonyl (C=O) groups is 1. The van der Waals surface area contributed by atoms with Gasteiger partial charge >= 0.3 is 5.97 Å². The molecule has 0 aliphatic heterocycles. The summed E-state index contributed by atoms with van der Waals surface area (Å²) < 4.78 is 11.5. The van der Waals surface area contributed by atoms with Gasteiger partial charge in [-0.15, -0.1) is 0 Å². The van der Waals surface area contributed by atoms with E-state index in [1.807, 2.05) is 18.2 Å². The molecule has 0 aliphatic rings. The third-order valence-electron chi connectivity index (χ3n) is 2.65. The van der Waals surface area contributed by atoms with Crippen LogP contribution in [0.2, 0.25) is 0 Å². The van der Waals surface area contributed by atoms with Gasteiger partial charge in [0.2, 0.25) is 0 Å². The van der Waals surface area contributed by atoms with Gasteiger partial charge in [-0.2, -0.15) is 0 Å². The first-order valence-corrected chi connectivity index (χ1v) is 7.13. The van der Waals surface area contributed by atoms with E-state index in [4.69, 9.17) is 5.11 Å². The van der Waals surface area contributed by atoms with E-state index in [9.17, 15) is 9.00 Å². The van der Waals surface area contributed by atoms with Crippen molar-refractivity contribution in [2.45, 2.75) is 31.4 Å². The molecule has 0 spiro atoms. The van der Waals surface area contributed by atoms with Crippen molar-refractivity contribution in [1.82, 2.24) is 0 Å². The Bertz CT molecular complexity index is 376. The molecule has 94 valence electrons. The molecule has 3 nitrogen and oxygen atoms in total. The molecule has 1 N–H and O–H groups in total. The molecule has 0 heterocycles. The van der Waals surface area contributed by atoms with E-state index in [-0.39, 0.29) is 0 Å². The number of aryl methyl sites for hydroxylation is 1. The summed E-state index contributed by atoms with van der Waals surface area (Å²) in [6.45, 7) is 1.50. The van der Waals surface area contributed by atoms with Gasteiger partial charge in [0.15, 0.2) is 0 Å². The Morgan fingerprint density at radius 1 is 1.29 bits per heavy atom. The highest BCUT2D eigenvalue weighted by Gasteiger charge is 2.17. The number of carboxylic acid groups (broad SMARTS) is 1. The second-order valence-corrected chi connectivity index (χ2v) is 5.88. The highest BCUT2D eigenvalue weighted by Crippen LogP contribution is 2.06. The molecule has 1 aromatic rings. The van der Waals surface area contributed by atoms with Crippen molar-refractivity contribution in [3.63, 3.8) is 0 Å². The molecule has 0 aromatic heterocycles. The average Bonchev–Trinajstić information content (AvgIpc) is 2.34. The zero-order valence-corrected chi connectivity index (χ0v) is 10.8. The van der Waals surface area contributed by atoms with Crippen LogP contribution in [0.1, 0.15) is 25.3 Å². The summed E-state index contributed by atoms with van der Waals surface area (Å²) in [5.41, 5.74) is 1.27. The Balaban J connectivity index is 2.21. The van der Waals surface area contributed by atoms with Crippen LogP contribution in [-0.4, -0.2) is 26.3 Å². The van der Waals surface area contributed by atoms with Gasteiger partial charge in [-0.25, -0.2) is 0 Å². The first kappa shape index (κ1) is 13.9. The van der Waals surface area contributed by atoms with E-state index in [1.54, 1.807) is 0 Å². The second kappa shape index (κ2) is 7.22. The summed E-state index contributed by atoms with van der Waals surface area (Å²) in [7, 11) is -1.25. The summed E-state index contributed by atoms with van der Waals surface area (Å²) in [6, 6.07) is 10.1. The SMILES string of the molecule is CC(C(=O)O)S(=O)CCCCc1ccccc1. The van der Waals surface area contributed by atoms with Crippen LogP contribution in [0.5, 0.6) is 0 Å². The van der Waals surface area contributed by atoms with Crippen molar-refractivity contribution in [1.29, 1.82) is 0 Å². The lowest BCUT2D eigenvalue weighted by Crippen LogP contribution is -2.23. The predicted octanol–water partition coefficient (Wildman–Crippen LogP) is 2.23. The lowest BCUT2D eigenvalue weighted by Gasteiger charge is -2.06. The van der Waals surface area contributed by atoms with Gasteiger partial charge in [0.05, 0.1) is 0 Å². The van der Waals surface area contributed by atoms with Gasteiger partial charge in [0.25, 0.3) is 0 Å². The summed E-state index contributed by atoms with van der Waals surface area (Å²) >= 11 is 0. The molecule has 1 aromatic carbocycles. The summed E-state index contributed by atoms with van der Waals surface area (Å²) in [5.74, 6) is -0.508. The Labute approximate surface area is 104 Å². The van der Waals surface area contributed by atoms with E-state index in [1.165, 1.54) is 12.5 Å². The third-order valence-corrected chi connectivity index (χ3v) is 4.33. The monoisotopic (exact) mass is 254 g/mol. The number of rotatable bonds is 7. The van der Waals surface area contributed by atoms with Crippen molar-refractivity contribution in [3.8, 4) is 0 Å². The number of aliphatic carboxylic acids is 1.